The summed E-state index contributed by atoms with van der Waals surface area (Å²) in [4.78, 5) is 14.9. The van der Waals surface area contributed by atoms with Crippen LogP contribution in [0.3, 0.4) is 0 Å². The normalized spacial score (nSPS) is 22.0. The minimum atomic E-state index is -0.0915. The number of halogens is 1. The number of amides is 1. The fourth-order valence-corrected chi connectivity index (χ4v) is 4.50. The van der Waals surface area contributed by atoms with E-state index in [2.05, 4.69) is 0 Å². The molecule has 2 fully saturated rings. The van der Waals surface area contributed by atoms with Gasteiger partial charge in [-0.05, 0) is 37.1 Å². The number of carbonyl (C=O) groups is 1. The summed E-state index contributed by atoms with van der Waals surface area (Å²) in [5.41, 5.74) is 0.819. The average Bonchev–Trinajstić information content (AvgIpc) is 3.35. The fraction of sp³-hybridized carbons (Fsp3) is 0.263. The molecule has 1 aromatic heterocycles. The number of carbonyl (C=O) groups excluding carboxylic acids is 1. The Hall–Kier alpha value is -1.60. The smallest absolute Gasteiger partial charge is 0.266 e. The van der Waals surface area contributed by atoms with Gasteiger partial charge in [-0.3, -0.25) is 9.69 Å². The molecule has 0 aliphatic carbocycles. The Morgan fingerprint density at radius 3 is 2.92 bits per heavy atom. The Morgan fingerprint density at radius 1 is 1.31 bits per heavy atom. The van der Waals surface area contributed by atoms with Crippen molar-refractivity contribution < 1.29 is 13.9 Å². The van der Waals surface area contributed by atoms with Crippen LogP contribution in [-0.4, -0.2) is 34.4 Å². The highest BCUT2D eigenvalue weighted by Gasteiger charge is 2.34. The third-order valence-corrected chi connectivity index (χ3v) is 6.03. The van der Waals surface area contributed by atoms with Gasteiger partial charge in [-0.2, -0.15) is 0 Å². The van der Waals surface area contributed by atoms with Crippen molar-refractivity contribution >= 4 is 51.9 Å². The van der Waals surface area contributed by atoms with Crippen molar-refractivity contribution in [2.24, 2.45) is 0 Å². The lowest BCUT2D eigenvalue weighted by Gasteiger charge is -2.18. The quantitative estimate of drug-likeness (QED) is 0.530. The number of thiocarbonyl (C=S) groups is 1. The van der Waals surface area contributed by atoms with Gasteiger partial charge in [-0.25, -0.2) is 0 Å². The zero-order valence-corrected chi connectivity index (χ0v) is 16.2. The van der Waals surface area contributed by atoms with Gasteiger partial charge in [0.2, 0.25) is 0 Å². The maximum absolute atomic E-state index is 12.7. The molecule has 134 valence electrons. The summed E-state index contributed by atoms with van der Waals surface area (Å²) in [7, 11) is 0. The van der Waals surface area contributed by atoms with Gasteiger partial charge in [-0.15, -0.1) is 0 Å². The predicted molar refractivity (Wildman–Crippen MR) is 108 cm³/mol. The topological polar surface area (TPSA) is 42.7 Å². The third kappa shape index (κ3) is 3.60. The Bertz CT molecular complexity index is 886. The zero-order chi connectivity index (χ0) is 18.1. The number of hydrogen-bond donors (Lipinski definition) is 0. The van der Waals surface area contributed by atoms with E-state index >= 15 is 0 Å². The number of benzene rings is 1. The molecule has 1 amide bonds. The molecular formula is C19H16ClNO3S2. The molecule has 2 saturated heterocycles. The highest BCUT2D eigenvalue weighted by molar-refractivity contribution is 8.26. The standard InChI is InChI=1S/C19H16ClNO3S2/c20-15-6-2-1-5-14(15)16-8-7-12(24-16)10-17-18(22)21(19(25)26-17)11-13-4-3-9-23-13/h1-2,5-8,10,13H,3-4,9,11H2/b17-10-/t13-/m1/s1. The molecule has 0 bridgehead atoms. The van der Waals surface area contributed by atoms with E-state index in [4.69, 9.17) is 33.0 Å². The largest absolute Gasteiger partial charge is 0.457 e. The summed E-state index contributed by atoms with van der Waals surface area (Å²) in [6.07, 6.45) is 3.81. The van der Waals surface area contributed by atoms with Crippen LogP contribution in [0.15, 0.2) is 45.7 Å². The molecule has 2 aromatic rings. The van der Waals surface area contributed by atoms with Crippen LogP contribution in [0.5, 0.6) is 0 Å². The SMILES string of the molecule is O=C1/C(=C/c2ccc(-c3ccccc3Cl)o2)SC(=S)N1C[C@H]1CCCO1. The van der Waals surface area contributed by atoms with E-state index in [1.165, 1.54) is 11.8 Å². The van der Waals surface area contributed by atoms with Crippen molar-refractivity contribution in [1.29, 1.82) is 0 Å². The molecule has 4 rings (SSSR count). The Balaban J connectivity index is 1.53. The third-order valence-electron chi connectivity index (χ3n) is 4.32. The van der Waals surface area contributed by atoms with Crippen molar-refractivity contribution in [3.63, 3.8) is 0 Å². The number of hydrogen-bond acceptors (Lipinski definition) is 5. The van der Waals surface area contributed by atoms with Crippen LogP contribution >= 0.6 is 35.6 Å². The van der Waals surface area contributed by atoms with E-state index in [-0.39, 0.29) is 12.0 Å². The van der Waals surface area contributed by atoms with Crippen molar-refractivity contribution in [1.82, 2.24) is 4.90 Å². The van der Waals surface area contributed by atoms with E-state index in [0.29, 0.717) is 32.3 Å². The minimum absolute atomic E-state index is 0.0762. The monoisotopic (exact) mass is 405 g/mol. The lowest BCUT2D eigenvalue weighted by atomic mass is 10.2. The molecule has 0 unspecified atom stereocenters. The van der Waals surface area contributed by atoms with Crippen LogP contribution in [0.25, 0.3) is 17.4 Å². The highest BCUT2D eigenvalue weighted by atomic mass is 35.5. The molecular weight excluding hydrogens is 390 g/mol. The molecule has 0 radical (unpaired) electrons. The molecule has 1 atom stereocenters. The summed E-state index contributed by atoms with van der Waals surface area (Å²) in [6, 6.07) is 11.2. The van der Waals surface area contributed by atoms with Crippen molar-refractivity contribution in [3.05, 3.63) is 52.1 Å². The predicted octanol–water partition coefficient (Wildman–Crippen LogP) is 4.98. The molecule has 1 aromatic carbocycles. The van der Waals surface area contributed by atoms with Gasteiger partial charge < -0.3 is 9.15 Å². The van der Waals surface area contributed by atoms with Gasteiger partial charge in [0.1, 0.15) is 15.8 Å². The number of furan rings is 1. The van der Waals surface area contributed by atoms with Crippen LogP contribution in [0.4, 0.5) is 0 Å². The van der Waals surface area contributed by atoms with Gasteiger partial charge >= 0.3 is 0 Å². The Labute approximate surface area is 166 Å². The first-order valence-electron chi connectivity index (χ1n) is 8.33. The van der Waals surface area contributed by atoms with Crippen molar-refractivity contribution in [3.8, 4) is 11.3 Å². The van der Waals surface area contributed by atoms with Gasteiger partial charge in [-0.1, -0.05) is 47.7 Å². The highest BCUT2D eigenvalue weighted by Crippen LogP contribution is 2.35. The summed E-state index contributed by atoms with van der Waals surface area (Å²) < 4.78 is 12.0. The second-order valence-electron chi connectivity index (χ2n) is 6.11. The number of ether oxygens (including phenoxy) is 1. The van der Waals surface area contributed by atoms with Crippen molar-refractivity contribution in [2.45, 2.75) is 18.9 Å². The van der Waals surface area contributed by atoms with Crippen LogP contribution in [-0.2, 0) is 9.53 Å². The second-order valence-corrected chi connectivity index (χ2v) is 8.19. The molecule has 0 saturated carbocycles. The molecule has 0 spiro atoms. The first-order chi connectivity index (χ1) is 12.6. The molecule has 2 aliphatic heterocycles. The maximum atomic E-state index is 12.7. The lowest BCUT2D eigenvalue weighted by molar-refractivity contribution is -0.123. The van der Waals surface area contributed by atoms with Gasteiger partial charge in [0.15, 0.2) is 0 Å². The molecule has 2 aliphatic rings. The van der Waals surface area contributed by atoms with E-state index < -0.39 is 0 Å². The van der Waals surface area contributed by atoms with Crippen LogP contribution in [0.2, 0.25) is 5.02 Å². The molecule has 4 nitrogen and oxygen atoms in total. The Kier molecular flexibility index (Phi) is 5.18. The van der Waals surface area contributed by atoms with Crippen LogP contribution < -0.4 is 0 Å². The van der Waals surface area contributed by atoms with E-state index in [1.807, 2.05) is 36.4 Å². The number of rotatable bonds is 4. The van der Waals surface area contributed by atoms with E-state index in [9.17, 15) is 4.79 Å². The minimum Gasteiger partial charge on any atom is -0.457 e. The molecule has 26 heavy (non-hydrogen) atoms. The van der Waals surface area contributed by atoms with E-state index in [1.54, 1.807) is 11.0 Å². The van der Waals surface area contributed by atoms with Gasteiger partial charge in [0, 0.05) is 18.2 Å². The summed E-state index contributed by atoms with van der Waals surface area (Å²) in [5.74, 6) is 1.17. The maximum Gasteiger partial charge on any atom is 0.266 e. The first-order valence-corrected chi connectivity index (χ1v) is 9.94. The summed E-state index contributed by atoms with van der Waals surface area (Å²) in [6.45, 7) is 1.28. The van der Waals surface area contributed by atoms with Crippen LogP contribution in [0, 0.1) is 0 Å². The summed E-state index contributed by atoms with van der Waals surface area (Å²) >= 11 is 12.9. The molecule has 7 heteroatoms. The molecule has 3 heterocycles. The average molecular weight is 406 g/mol. The first kappa shape index (κ1) is 17.8. The fourth-order valence-electron chi connectivity index (χ4n) is 3.01. The number of nitrogens with zero attached hydrogens (tertiary/aromatic N) is 1. The van der Waals surface area contributed by atoms with Crippen LogP contribution in [0.1, 0.15) is 18.6 Å². The Morgan fingerprint density at radius 2 is 2.15 bits per heavy atom. The molecule has 0 N–H and O–H groups in total. The summed E-state index contributed by atoms with van der Waals surface area (Å²) in [5, 5.41) is 0.622. The van der Waals surface area contributed by atoms with Gasteiger partial charge in [0.25, 0.3) is 5.91 Å². The lowest BCUT2D eigenvalue weighted by Crippen LogP contribution is -2.35. The van der Waals surface area contributed by atoms with Crippen molar-refractivity contribution in [2.75, 3.05) is 13.2 Å². The number of thioether (sulfide) groups is 1. The second kappa shape index (κ2) is 7.56. The van der Waals surface area contributed by atoms with E-state index in [0.717, 1.165) is 25.0 Å². The zero-order valence-electron chi connectivity index (χ0n) is 13.8. The van der Waals surface area contributed by atoms with Gasteiger partial charge in [0.05, 0.1) is 22.6 Å².